The molecule has 16 heavy (non-hydrogen) atoms. The van der Waals surface area contributed by atoms with Gasteiger partial charge in [0.25, 0.3) is 0 Å². The van der Waals surface area contributed by atoms with Crippen LogP contribution < -0.4 is 5.73 Å². The lowest BCUT2D eigenvalue weighted by Gasteiger charge is -2.09. The third kappa shape index (κ3) is 1.53. The Hall–Kier alpha value is -0.990. The molecule has 1 atom stereocenters. The second kappa shape index (κ2) is 4.11. The Labute approximate surface area is 101 Å². The fourth-order valence-electron chi connectivity index (χ4n) is 2.36. The molecule has 0 aliphatic rings. The zero-order chi connectivity index (χ0) is 11.9. The molecule has 0 spiro atoms. The molecule has 1 aromatic carbocycles. The molecule has 1 unspecified atom stereocenters. The van der Waals surface area contributed by atoms with E-state index in [1.54, 1.807) is 0 Å². The van der Waals surface area contributed by atoms with E-state index in [0.717, 1.165) is 10.5 Å². The molecule has 2 aromatic rings. The van der Waals surface area contributed by atoms with Gasteiger partial charge in [-0.1, -0.05) is 30.7 Å². The number of nitrogens with two attached hydrogens (primary N) is 1. The molecule has 3 heteroatoms. The number of hydrogen-bond donors (Lipinski definition) is 1. The highest BCUT2D eigenvalue weighted by Gasteiger charge is 2.17. The van der Waals surface area contributed by atoms with Crippen molar-refractivity contribution in [3.8, 4) is 0 Å². The summed E-state index contributed by atoms with van der Waals surface area (Å²) in [5, 5.41) is 2.03. The van der Waals surface area contributed by atoms with E-state index in [9.17, 15) is 0 Å². The molecule has 86 valence electrons. The second-order valence-corrected chi connectivity index (χ2v) is 4.74. The number of aryl methyl sites for hydroxylation is 1. The van der Waals surface area contributed by atoms with E-state index in [1.165, 1.54) is 16.6 Å². The van der Waals surface area contributed by atoms with E-state index < -0.39 is 0 Å². The Bertz CT molecular complexity index is 528. The highest BCUT2D eigenvalue weighted by molar-refractivity contribution is 6.35. The molecule has 2 nitrogen and oxygen atoms in total. The van der Waals surface area contributed by atoms with E-state index in [1.807, 2.05) is 12.1 Å². The highest BCUT2D eigenvalue weighted by Crippen LogP contribution is 2.34. The largest absolute Gasteiger partial charge is 0.346 e. The van der Waals surface area contributed by atoms with Crippen LogP contribution in [-0.2, 0) is 7.05 Å². The molecule has 2 rings (SSSR count). The minimum absolute atomic E-state index is 0.363. The van der Waals surface area contributed by atoms with Gasteiger partial charge in [-0.25, -0.2) is 0 Å². The molecular formula is C13H17ClN2. The number of nitrogens with zero attached hydrogens (tertiary/aromatic N) is 1. The molecule has 0 aliphatic heterocycles. The summed E-state index contributed by atoms with van der Waals surface area (Å²) < 4.78 is 2.15. The molecule has 2 N–H and O–H groups in total. The summed E-state index contributed by atoms with van der Waals surface area (Å²) in [5.41, 5.74) is 9.45. The van der Waals surface area contributed by atoms with Crippen molar-refractivity contribution < 1.29 is 0 Å². The van der Waals surface area contributed by atoms with Crippen LogP contribution in [0.2, 0.25) is 5.02 Å². The highest BCUT2D eigenvalue weighted by atomic mass is 35.5. The lowest BCUT2D eigenvalue weighted by Crippen LogP contribution is -2.09. The lowest BCUT2D eigenvalue weighted by molar-refractivity contribution is 0.761. The second-order valence-electron chi connectivity index (χ2n) is 4.33. The first-order valence-electron chi connectivity index (χ1n) is 5.51. The van der Waals surface area contributed by atoms with Crippen LogP contribution >= 0.6 is 11.6 Å². The minimum Gasteiger partial charge on any atom is -0.346 e. The molecule has 0 radical (unpaired) electrons. The summed E-state index contributed by atoms with van der Waals surface area (Å²) in [6.45, 7) is 4.94. The van der Waals surface area contributed by atoms with Crippen LogP contribution in [0.3, 0.4) is 0 Å². The van der Waals surface area contributed by atoms with Gasteiger partial charge in [-0.3, -0.25) is 0 Å². The Morgan fingerprint density at radius 1 is 1.44 bits per heavy atom. The monoisotopic (exact) mass is 236 g/mol. The number of para-hydroxylation sites is 1. The first-order chi connectivity index (χ1) is 7.57. The zero-order valence-electron chi connectivity index (χ0n) is 9.92. The first kappa shape index (κ1) is 11.5. The standard InChI is InChI=1S/C13H17ClN2/c1-8(7-15)12-9(2)16(3)13-10(12)5-4-6-11(13)14/h4-6,8H,7,15H2,1-3H3. The van der Waals surface area contributed by atoms with Crippen LogP contribution in [0.15, 0.2) is 18.2 Å². The van der Waals surface area contributed by atoms with Gasteiger partial charge < -0.3 is 10.3 Å². The summed E-state index contributed by atoms with van der Waals surface area (Å²) in [6.07, 6.45) is 0. The first-order valence-corrected chi connectivity index (χ1v) is 5.89. The van der Waals surface area contributed by atoms with Crippen LogP contribution in [0, 0.1) is 6.92 Å². The molecule has 1 aromatic heterocycles. The van der Waals surface area contributed by atoms with Crippen LogP contribution in [0.1, 0.15) is 24.1 Å². The van der Waals surface area contributed by atoms with E-state index >= 15 is 0 Å². The summed E-state index contributed by atoms with van der Waals surface area (Å²) in [5.74, 6) is 0.363. The van der Waals surface area contributed by atoms with E-state index in [2.05, 4.69) is 31.5 Å². The van der Waals surface area contributed by atoms with Crippen LogP contribution in [-0.4, -0.2) is 11.1 Å². The third-order valence-electron chi connectivity index (χ3n) is 3.35. The molecule has 0 saturated carbocycles. The van der Waals surface area contributed by atoms with Gasteiger partial charge in [-0.15, -0.1) is 0 Å². The van der Waals surface area contributed by atoms with Gasteiger partial charge in [0.05, 0.1) is 10.5 Å². The summed E-state index contributed by atoms with van der Waals surface area (Å²) in [4.78, 5) is 0. The average molecular weight is 237 g/mol. The number of rotatable bonds is 2. The lowest BCUT2D eigenvalue weighted by atomic mass is 9.98. The van der Waals surface area contributed by atoms with Crippen molar-refractivity contribution in [3.05, 3.63) is 34.5 Å². The normalized spacial score (nSPS) is 13.3. The quantitative estimate of drug-likeness (QED) is 0.853. The summed E-state index contributed by atoms with van der Waals surface area (Å²) >= 11 is 6.24. The molecule has 0 aliphatic carbocycles. The van der Waals surface area contributed by atoms with Gasteiger partial charge in [0.2, 0.25) is 0 Å². The molecular weight excluding hydrogens is 220 g/mol. The van der Waals surface area contributed by atoms with Gasteiger partial charge in [-0.05, 0) is 31.0 Å². The maximum atomic E-state index is 6.24. The zero-order valence-corrected chi connectivity index (χ0v) is 10.7. The van der Waals surface area contributed by atoms with Gasteiger partial charge >= 0.3 is 0 Å². The van der Waals surface area contributed by atoms with Gasteiger partial charge in [-0.2, -0.15) is 0 Å². The van der Waals surface area contributed by atoms with E-state index in [-0.39, 0.29) is 0 Å². The Morgan fingerprint density at radius 2 is 2.12 bits per heavy atom. The number of aromatic nitrogens is 1. The Kier molecular flexibility index (Phi) is 2.96. The SMILES string of the molecule is Cc1c(C(C)CN)c2cccc(Cl)c2n1C. The van der Waals surface area contributed by atoms with Crippen molar-refractivity contribution in [2.24, 2.45) is 12.8 Å². The molecule has 0 bridgehead atoms. The van der Waals surface area contributed by atoms with Crippen molar-refractivity contribution in [2.75, 3.05) is 6.54 Å². The smallest absolute Gasteiger partial charge is 0.0672 e. The van der Waals surface area contributed by atoms with Crippen molar-refractivity contribution in [1.82, 2.24) is 4.57 Å². The number of hydrogen-bond acceptors (Lipinski definition) is 1. The van der Waals surface area contributed by atoms with Gasteiger partial charge in [0.15, 0.2) is 0 Å². The fraction of sp³-hybridized carbons (Fsp3) is 0.385. The number of fused-ring (bicyclic) bond motifs is 1. The predicted molar refractivity (Wildman–Crippen MR) is 70.1 cm³/mol. The molecule has 0 fully saturated rings. The Balaban J connectivity index is 2.84. The Morgan fingerprint density at radius 3 is 2.75 bits per heavy atom. The predicted octanol–water partition coefficient (Wildman–Crippen LogP) is 3.20. The van der Waals surface area contributed by atoms with Crippen molar-refractivity contribution in [2.45, 2.75) is 19.8 Å². The average Bonchev–Trinajstić information content (AvgIpc) is 2.52. The molecule has 0 saturated heterocycles. The van der Waals surface area contributed by atoms with Crippen LogP contribution in [0.25, 0.3) is 10.9 Å². The fourth-order valence-corrected chi connectivity index (χ4v) is 2.66. The topological polar surface area (TPSA) is 30.9 Å². The van der Waals surface area contributed by atoms with Crippen LogP contribution in [0.4, 0.5) is 0 Å². The molecule has 1 heterocycles. The van der Waals surface area contributed by atoms with E-state index in [4.69, 9.17) is 17.3 Å². The number of halogens is 1. The summed E-state index contributed by atoms with van der Waals surface area (Å²) in [6, 6.07) is 6.05. The molecule has 0 amide bonds. The number of benzene rings is 1. The van der Waals surface area contributed by atoms with Crippen molar-refractivity contribution >= 4 is 22.5 Å². The van der Waals surface area contributed by atoms with Gasteiger partial charge in [0.1, 0.15) is 0 Å². The van der Waals surface area contributed by atoms with Gasteiger partial charge in [0, 0.05) is 18.1 Å². The minimum atomic E-state index is 0.363. The maximum absolute atomic E-state index is 6.24. The van der Waals surface area contributed by atoms with E-state index in [0.29, 0.717) is 12.5 Å². The van der Waals surface area contributed by atoms with Crippen molar-refractivity contribution in [1.29, 1.82) is 0 Å². The van der Waals surface area contributed by atoms with Crippen LogP contribution in [0.5, 0.6) is 0 Å². The van der Waals surface area contributed by atoms with Crippen molar-refractivity contribution in [3.63, 3.8) is 0 Å². The summed E-state index contributed by atoms with van der Waals surface area (Å²) in [7, 11) is 2.05. The third-order valence-corrected chi connectivity index (χ3v) is 3.66. The maximum Gasteiger partial charge on any atom is 0.0672 e.